The van der Waals surface area contributed by atoms with E-state index in [1.165, 1.54) is 58.4 Å². The number of methoxy groups -OCH3 is 1. The first kappa shape index (κ1) is 26.8. The molecule has 3 N–H and O–H groups in total. The molecule has 4 aromatic rings. The molecule has 0 radical (unpaired) electrons. The second-order valence-corrected chi connectivity index (χ2v) is 11.1. The van der Waals surface area contributed by atoms with Crippen LogP contribution in [0.2, 0.25) is 0 Å². The number of nitrogens with zero attached hydrogens (tertiary/aromatic N) is 5. The van der Waals surface area contributed by atoms with Gasteiger partial charge in [0, 0.05) is 11.1 Å². The summed E-state index contributed by atoms with van der Waals surface area (Å²) >= 11 is 1.19. The van der Waals surface area contributed by atoms with E-state index in [1.54, 1.807) is 6.92 Å². The molecule has 12 nitrogen and oxygen atoms in total. The molecule has 0 bridgehead atoms. The molecule has 1 aromatic carbocycles. The molecule has 6 rings (SSSR count). The number of aliphatic hydroxyl groups is 2. The van der Waals surface area contributed by atoms with Crippen LogP contribution in [0.1, 0.15) is 42.5 Å². The van der Waals surface area contributed by atoms with Crippen LogP contribution in [0.5, 0.6) is 5.75 Å². The van der Waals surface area contributed by atoms with Crippen LogP contribution in [0, 0.1) is 12.7 Å². The zero-order chi connectivity index (χ0) is 28.1. The van der Waals surface area contributed by atoms with Crippen LogP contribution in [-0.2, 0) is 11.3 Å². The molecule has 3 atom stereocenters. The lowest BCUT2D eigenvalue weighted by Crippen LogP contribution is -2.46. The predicted molar refractivity (Wildman–Crippen MR) is 143 cm³/mol. The molecular formula is C26H29FN6O6S. The first-order valence-corrected chi connectivity index (χ1v) is 13.8. The smallest absolute Gasteiger partial charge is 0.332 e. The molecule has 14 heteroatoms. The number of aryl methyl sites for hydroxylation is 1. The van der Waals surface area contributed by atoms with Gasteiger partial charge in [-0.3, -0.25) is 19.2 Å². The van der Waals surface area contributed by atoms with Crippen molar-refractivity contribution in [1.29, 1.82) is 0 Å². The number of hydrogen-bond donors (Lipinski definition) is 3. The van der Waals surface area contributed by atoms with Crippen LogP contribution in [0.25, 0.3) is 15.2 Å². The summed E-state index contributed by atoms with van der Waals surface area (Å²) in [5, 5.41) is 32.6. The molecule has 1 saturated heterocycles. The maximum atomic E-state index is 14.5. The number of ether oxygens (including phenoxy) is 2. The van der Waals surface area contributed by atoms with Gasteiger partial charge in [-0.05, 0) is 50.9 Å². The highest BCUT2D eigenvalue weighted by Crippen LogP contribution is 2.37. The molecule has 1 aliphatic carbocycles. The van der Waals surface area contributed by atoms with E-state index in [-0.39, 0.29) is 12.6 Å². The Hall–Kier alpha value is -3.43. The van der Waals surface area contributed by atoms with Gasteiger partial charge in [-0.25, -0.2) is 9.18 Å². The molecule has 40 heavy (non-hydrogen) atoms. The third-order valence-corrected chi connectivity index (χ3v) is 8.90. The molecule has 4 heterocycles. The Morgan fingerprint density at radius 1 is 1.23 bits per heavy atom. The van der Waals surface area contributed by atoms with Crippen molar-refractivity contribution in [3.05, 3.63) is 68.4 Å². The van der Waals surface area contributed by atoms with Crippen LogP contribution >= 0.6 is 11.3 Å². The fourth-order valence-corrected chi connectivity index (χ4v) is 6.70. The minimum Gasteiger partial charge on any atom is -0.496 e. The Balaban J connectivity index is 1.56. The van der Waals surface area contributed by atoms with Crippen LogP contribution in [0.3, 0.4) is 0 Å². The molecule has 1 unspecified atom stereocenters. The number of hydrogen-bond acceptors (Lipinski definition) is 10. The van der Waals surface area contributed by atoms with Gasteiger partial charge in [0.1, 0.15) is 33.7 Å². The summed E-state index contributed by atoms with van der Waals surface area (Å²) in [5.41, 5.74) is -0.151. The van der Waals surface area contributed by atoms with Crippen molar-refractivity contribution in [1.82, 2.24) is 29.4 Å². The minimum atomic E-state index is -1.07. The first-order chi connectivity index (χ1) is 19.3. The van der Waals surface area contributed by atoms with E-state index in [1.807, 2.05) is 0 Å². The lowest BCUT2D eigenvalue weighted by atomic mass is 9.92. The standard InChI is InChI=1S/C26H29FN6O6S/c1-13-21-23(36)32(18-5-6-28-22(18)35)26(37)31(25(21)40-24(13)33-29-7-8-30-33)12-20(39-16-10-15(34)11-16)17-9-14(27)3-4-19(17)38-2/h3-4,7-9,15-16,18,20,22,28,34-35H,5-6,10-12H2,1-2H3/t15?,16?,18-,20+,22?/m1/s1. The van der Waals surface area contributed by atoms with Crippen molar-refractivity contribution < 1.29 is 24.1 Å². The fourth-order valence-electron chi connectivity index (χ4n) is 5.48. The van der Waals surface area contributed by atoms with E-state index in [0.717, 1.165) is 4.57 Å². The molecule has 1 saturated carbocycles. The number of halogens is 1. The van der Waals surface area contributed by atoms with Crippen molar-refractivity contribution in [3.8, 4) is 10.8 Å². The zero-order valence-corrected chi connectivity index (χ0v) is 22.7. The third kappa shape index (κ3) is 4.55. The van der Waals surface area contributed by atoms with Crippen LogP contribution in [0.4, 0.5) is 4.39 Å². The van der Waals surface area contributed by atoms with Gasteiger partial charge in [-0.1, -0.05) is 11.3 Å². The number of rotatable bonds is 8. The Labute approximate surface area is 231 Å². The second-order valence-electron chi connectivity index (χ2n) is 10.1. The van der Waals surface area contributed by atoms with Gasteiger partial charge >= 0.3 is 5.69 Å². The van der Waals surface area contributed by atoms with E-state index >= 15 is 0 Å². The largest absolute Gasteiger partial charge is 0.496 e. The Morgan fingerprint density at radius 3 is 2.62 bits per heavy atom. The van der Waals surface area contributed by atoms with Crippen molar-refractivity contribution in [3.63, 3.8) is 0 Å². The summed E-state index contributed by atoms with van der Waals surface area (Å²) in [6, 6.07) is 3.30. The average Bonchev–Trinajstić information content (AvgIpc) is 3.66. The fraction of sp³-hybridized carbons (Fsp3) is 0.462. The lowest BCUT2D eigenvalue weighted by molar-refractivity contribution is -0.110. The molecule has 2 fully saturated rings. The van der Waals surface area contributed by atoms with Crippen LogP contribution in [0.15, 0.2) is 40.2 Å². The number of fused-ring (bicyclic) bond motifs is 1. The molecule has 0 amide bonds. The first-order valence-electron chi connectivity index (χ1n) is 13.0. The summed E-state index contributed by atoms with van der Waals surface area (Å²) in [6.07, 6.45) is 1.51. The van der Waals surface area contributed by atoms with Crippen molar-refractivity contribution in [2.24, 2.45) is 0 Å². The molecule has 1 aliphatic heterocycles. The topological polar surface area (TPSA) is 146 Å². The summed E-state index contributed by atoms with van der Waals surface area (Å²) in [7, 11) is 1.46. The highest BCUT2D eigenvalue weighted by molar-refractivity contribution is 7.21. The minimum absolute atomic E-state index is 0.0792. The molecular weight excluding hydrogens is 543 g/mol. The number of aromatic nitrogens is 5. The van der Waals surface area contributed by atoms with Gasteiger partial charge in [0.05, 0.1) is 49.7 Å². The monoisotopic (exact) mass is 572 g/mol. The van der Waals surface area contributed by atoms with Gasteiger partial charge in [0.15, 0.2) is 0 Å². The zero-order valence-electron chi connectivity index (χ0n) is 21.9. The predicted octanol–water partition coefficient (Wildman–Crippen LogP) is 1.40. The number of nitrogens with one attached hydrogen (secondary N) is 1. The average molecular weight is 573 g/mol. The SMILES string of the molecule is COc1ccc(F)cc1[C@H](Cn1c(=O)n([C@@H]2CCNC2O)c(=O)c2c(C)c(-n3nccn3)sc21)OC1CC(O)C1. The van der Waals surface area contributed by atoms with Crippen molar-refractivity contribution >= 4 is 21.6 Å². The lowest BCUT2D eigenvalue weighted by Gasteiger charge is -2.35. The number of thiophene rings is 1. The summed E-state index contributed by atoms with van der Waals surface area (Å²) in [6.45, 7) is 2.13. The molecule has 2 aliphatic rings. The Bertz CT molecular complexity index is 1660. The van der Waals surface area contributed by atoms with Crippen LogP contribution < -0.4 is 21.3 Å². The molecule has 3 aromatic heterocycles. The summed E-state index contributed by atoms with van der Waals surface area (Å²) < 4.78 is 28.8. The normalized spacial score (nSPS) is 23.4. The third-order valence-electron chi connectivity index (χ3n) is 7.62. The number of aliphatic hydroxyl groups excluding tert-OH is 2. The van der Waals surface area contributed by atoms with Gasteiger partial charge < -0.3 is 19.7 Å². The summed E-state index contributed by atoms with van der Waals surface area (Å²) in [4.78, 5) is 29.7. The molecule has 212 valence electrons. The van der Waals surface area contributed by atoms with Gasteiger partial charge in [0.2, 0.25) is 0 Å². The van der Waals surface area contributed by atoms with E-state index in [4.69, 9.17) is 9.47 Å². The van der Waals surface area contributed by atoms with Gasteiger partial charge in [0.25, 0.3) is 5.56 Å². The van der Waals surface area contributed by atoms with Crippen LogP contribution in [-0.4, -0.2) is 66.4 Å². The summed E-state index contributed by atoms with van der Waals surface area (Å²) in [5.74, 6) is -0.122. The van der Waals surface area contributed by atoms with Gasteiger partial charge in [-0.2, -0.15) is 10.2 Å². The quantitative estimate of drug-likeness (QED) is 0.285. The van der Waals surface area contributed by atoms with E-state index < -0.39 is 41.5 Å². The second kappa shape index (κ2) is 10.5. The van der Waals surface area contributed by atoms with Gasteiger partial charge in [-0.15, -0.1) is 4.80 Å². The van der Waals surface area contributed by atoms with Crippen molar-refractivity contribution in [2.75, 3.05) is 13.7 Å². The highest BCUT2D eigenvalue weighted by atomic mass is 32.1. The van der Waals surface area contributed by atoms with E-state index in [9.17, 15) is 24.2 Å². The van der Waals surface area contributed by atoms with E-state index in [2.05, 4.69) is 15.5 Å². The Morgan fingerprint density at radius 2 is 1.98 bits per heavy atom. The molecule has 0 spiro atoms. The van der Waals surface area contributed by atoms with Crippen molar-refractivity contribution in [2.45, 2.75) is 63.3 Å². The van der Waals surface area contributed by atoms with E-state index in [0.29, 0.717) is 57.9 Å². The Kier molecular flexibility index (Phi) is 7.04. The maximum absolute atomic E-state index is 14.5. The highest BCUT2D eigenvalue weighted by Gasteiger charge is 2.35. The number of benzene rings is 1. The maximum Gasteiger partial charge on any atom is 0.332 e.